The fraction of sp³-hybridized carbons (Fsp3) is 0.300. The van der Waals surface area contributed by atoms with Crippen molar-refractivity contribution in [1.82, 2.24) is 0 Å². The third-order valence-corrected chi connectivity index (χ3v) is 1.74. The first kappa shape index (κ1) is 12.5. The second-order valence-corrected chi connectivity index (χ2v) is 3.06. The van der Waals surface area contributed by atoms with Gasteiger partial charge in [-0.3, -0.25) is 0 Å². The summed E-state index contributed by atoms with van der Waals surface area (Å²) in [7, 11) is 0. The molecule has 88 valence electrons. The van der Waals surface area contributed by atoms with Gasteiger partial charge in [0.1, 0.15) is 6.61 Å². The van der Waals surface area contributed by atoms with E-state index >= 15 is 0 Å². The predicted molar refractivity (Wildman–Crippen MR) is 48.8 cm³/mol. The summed E-state index contributed by atoms with van der Waals surface area (Å²) < 4.78 is 40.0. The van der Waals surface area contributed by atoms with Gasteiger partial charge in [-0.25, -0.2) is 4.79 Å². The van der Waals surface area contributed by atoms with Crippen LogP contribution < -0.4 is 0 Å². The van der Waals surface area contributed by atoms with Crippen molar-refractivity contribution in [2.24, 2.45) is 0 Å². The average molecular weight is 234 g/mol. The van der Waals surface area contributed by atoms with Gasteiger partial charge in [0.05, 0.1) is 0 Å². The van der Waals surface area contributed by atoms with Crippen LogP contribution in [0.1, 0.15) is 11.7 Å². The van der Waals surface area contributed by atoms with Gasteiger partial charge in [0, 0.05) is 0 Å². The molecule has 1 rings (SSSR count). The van der Waals surface area contributed by atoms with E-state index in [1.54, 1.807) is 6.07 Å². The van der Waals surface area contributed by atoms with Gasteiger partial charge < -0.3 is 9.84 Å². The molecule has 0 saturated heterocycles. The second-order valence-electron chi connectivity index (χ2n) is 3.06. The van der Waals surface area contributed by atoms with E-state index in [1.807, 2.05) is 0 Å². The van der Waals surface area contributed by atoms with Crippen LogP contribution in [0.4, 0.5) is 13.2 Å². The van der Waals surface area contributed by atoms with Crippen molar-refractivity contribution >= 4 is 5.97 Å². The molecule has 6 heteroatoms. The molecule has 0 fully saturated rings. The highest BCUT2D eigenvalue weighted by Gasteiger charge is 2.31. The first-order valence-corrected chi connectivity index (χ1v) is 4.36. The van der Waals surface area contributed by atoms with Crippen molar-refractivity contribution in [3.8, 4) is 0 Å². The number of aliphatic carboxylic acids is 1. The van der Waals surface area contributed by atoms with Crippen LogP contribution in [0, 0.1) is 0 Å². The molecule has 0 heterocycles. The quantitative estimate of drug-likeness (QED) is 0.870. The first-order chi connectivity index (χ1) is 7.40. The first-order valence-electron chi connectivity index (χ1n) is 4.36. The van der Waals surface area contributed by atoms with Crippen molar-refractivity contribution in [2.75, 3.05) is 6.61 Å². The lowest BCUT2D eigenvalue weighted by Crippen LogP contribution is -2.23. The fourth-order valence-corrected chi connectivity index (χ4v) is 1.12. The van der Waals surface area contributed by atoms with E-state index in [0.29, 0.717) is 0 Å². The van der Waals surface area contributed by atoms with E-state index in [1.165, 1.54) is 24.3 Å². The normalized spacial score (nSPS) is 13.4. The van der Waals surface area contributed by atoms with Crippen LogP contribution in [0.3, 0.4) is 0 Å². The monoisotopic (exact) mass is 234 g/mol. The summed E-state index contributed by atoms with van der Waals surface area (Å²) in [4.78, 5) is 10.7. The molecule has 1 N–H and O–H groups in total. The number of carboxylic acids is 1. The van der Waals surface area contributed by atoms with Gasteiger partial charge in [-0.1, -0.05) is 30.3 Å². The highest BCUT2D eigenvalue weighted by molar-refractivity contribution is 5.74. The highest BCUT2D eigenvalue weighted by Crippen LogP contribution is 2.22. The molecule has 0 bridgehead atoms. The minimum absolute atomic E-state index is 0.180. The topological polar surface area (TPSA) is 46.5 Å². The summed E-state index contributed by atoms with van der Waals surface area (Å²) >= 11 is 0. The Kier molecular flexibility index (Phi) is 3.89. The lowest BCUT2D eigenvalue weighted by atomic mass is 10.1. The number of rotatable bonds is 4. The Hall–Kier alpha value is -1.56. The van der Waals surface area contributed by atoms with Crippen LogP contribution in [-0.4, -0.2) is 23.9 Å². The van der Waals surface area contributed by atoms with Crippen LogP contribution in [-0.2, 0) is 9.53 Å². The van der Waals surface area contributed by atoms with Crippen LogP contribution >= 0.6 is 0 Å². The number of benzene rings is 1. The summed E-state index contributed by atoms with van der Waals surface area (Å²) in [5.41, 5.74) is 0.180. The largest absolute Gasteiger partial charge is 0.479 e. The molecule has 0 radical (unpaired) electrons. The van der Waals surface area contributed by atoms with Crippen molar-refractivity contribution in [3.63, 3.8) is 0 Å². The van der Waals surface area contributed by atoms with Gasteiger partial charge in [0.15, 0.2) is 6.10 Å². The maximum absolute atomic E-state index is 11.9. The number of halogens is 3. The average Bonchev–Trinajstić information content (AvgIpc) is 2.17. The molecule has 1 atom stereocenters. The number of hydrogen-bond acceptors (Lipinski definition) is 2. The minimum Gasteiger partial charge on any atom is -0.479 e. The zero-order valence-electron chi connectivity index (χ0n) is 8.07. The van der Waals surface area contributed by atoms with E-state index in [2.05, 4.69) is 4.74 Å². The molecule has 0 aliphatic rings. The van der Waals surface area contributed by atoms with Crippen LogP contribution in [0.5, 0.6) is 0 Å². The number of carboxylic acid groups (broad SMARTS) is 1. The Bertz CT molecular complexity index is 348. The zero-order valence-corrected chi connectivity index (χ0v) is 8.07. The molecule has 0 spiro atoms. The predicted octanol–water partition coefficient (Wildman–Crippen LogP) is 2.39. The van der Waals surface area contributed by atoms with E-state index in [-0.39, 0.29) is 5.56 Å². The SMILES string of the molecule is O=C(O)[C@@H](OCC(F)(F)F)c1ccccc1. The molecule has 16 heavy (non-hydrogen) atoms. The van der Waals surface area contributed by atoms with Crippen molar-refractivity contribution < 1.29 is 27.8 Å². The Morgan fingerprint density at radius 1 is 1.31 bits per heavy atom. The molecule has 3 nitrogen and oxygen atoms in total. The van der Waals surface area contributed by atoms with Crippen LogP contribution in [0.25, 0.3) is 0 Å². The Balaban J connectivity index is 2.74. The summed E-state index contributed by atoms with van der Waals surface area (Å²) in [6.45, 7) is -1.58. The van der Waals surface area contributed by atoms with E-state index in [0.717, 1.165) is 0 Å². The van der Waals surface area contributed by atoms with E-state index in [4.69, 9.17) is 5.11 Å². The summed E-state index contributed by atoms with van der Waals surface area (Å²) in [6.07, 6.45) is -6.13. The summed E-state index contributed by atoms with van der Waals surface area (Å²) in [5, 5.41) is 8.73. The van der Waals surface area contributed by atoms with Gasteiger partial charge in [0.2, 0.25) is 0 Å². The molecule has 0 aromatic heterocycles. The fourth-order valence-electron chi connectivity index (χ4n) is 1.12. The molecule has 1 aromatic carbocycles. The Morgan fingerprint density at radius 2 is 1.88 bits per heavy atom. The van der Waals surface area contributed by atoms with Gasteiger partial charge in [-0.2, -0.15) is 13.2 Å². The Labute approximate surface area is 89.5 Å². The molecule has 0 aliphatic carbocycles. The van der Waals surface area contributed by atoms with Crippen molar-refractivity contribution in [1.29, 1.82) is 0 Å². The maximum atomic E-state index is 11.9. The van der Waals surface area contributed by atoms with E-state index < -0.39 is 24.9 Å². The lowest BCUT2D eigenvalue weighted by Gasteiger charge is -2.15. The summed E-state index contributed by atoms with van der Waals surface area (Å²) in [6, 6.07) is 7.49. The number of hydrogen-bond donors (Lipinski definition) is 1. The van der Waals surface area contributed by atoms with Crippen LogP contribution in [0.2, 0.25) is 0 Å². The van der Waals surface area contributed by atoms with E-state index in [9.17, 15) is 18.0 Å². The van der Waals surface area contributed by atoms with Gasteiger partial charge in [-0.15, -0.1) is 0 Å². The van der Waals surface area contributed by atoms with Gasteiger partial charge in [0.25, 0.3) is 0 Å². The molecular weight excluding hydrogens is 225 g/mol. The second kappa shape index (κ2) is 4.98. The van der Waals surface area contributed by atoms with Gasteiger partial charge >= 0.3 is 12.1 Å². The summed E-state index contributed by atoms with van der Waals surface area (Å²) in [5.74, 6) is -1.45. The molecule has 0 amide bonds. The lowest BCUT2D eigenvalue weighted by molar-refractivity contribution is -0.193. The smallest absolute Gasteiger partial charge is 0.411 e. The van der Waals surface area contributed by atoms with Gasteiger partial charge in [-0.05, 0) is 5.56 Å². The van der Waals surface area contributed by atoms with Crippen molar-refractivity contribution in [2.45, 2.75) is 12.3 Å². The van der Waals surface area contributed by atoms with Crippen molar-refractivity contribution in [3.05, 3.63) is 35.9 Å². The molecule has 0 saturated carbocycles. The minimum atomic E-state index is -4.54. The standard InChI is InChI=1S/C10H9F3O3/c11-10(12,13)6-16-8(9(14)15)7-4-2-1-3-5-7/h1-5,8H,6H2,(H,14,15)/t8-/m0/s1. The Morgan fingerprint density at radius 3 is 2.31 bits per heavy atom. The number of ether oxygens (including phenoxy) is 1. The number of alkyl halides is 3. The molecule has 0 unspecified atom stereocenters. The molecule has 1 aromatic rings. The third kappa shape index (κ3) is 3.90. The third-order valence-electron chi connectivity index (χ3n) is 1.74. The van der Waals surface area contributed by atoms with Crippen LogP contribution in [0.15, 0.2) is 30.3 Å². The maximum Gasteiger partial charge on any atom is 0.411 e. The molecule has 0 aliphatic heterocycles. The number of carbonyl (C=O) groups is 1. The zero-order chi connectivity index (χ0) is 12.2. The molecular formula is C10H9F3O3. The highest BCUT2D eigenvalue weighted by atomic mass is 19.4.